The third-order valence-corrected chi connectivity index (χ3v) is 6.01. The maximum absolute atomic E-state index is 13.0. The molecule has 0 aliphatic rings. The Balaban J connectivity index is 1.58. The number of carboxylic acid groups (broad SMARTS) is 1. The summed E-state index contributed by atoms with van der Waals surface area (Å²) in [6, 6.07) is 9.45. The van der Waals surface area contributed by atoms with Gasteiger partial charge in [0.05, 0.1) is 0 Å². The lowest BCUT2D eigenvalue weighted by Crippen LogP contribution is -2.26. The molecule has 0 bridgehead atoms. The molecule has 0 radical (unpaired) electrons. The van der Waals surface area contributed by atoms with E-state index in [1.54, 1.807) is 49.7 Å². The first-order valence-corrected chi connectivity index (χ1v) is 10.2. The number of thioether (sulfide) groups is 1. The number of nitrogens with zero attached hydrogens (tertiary/aromatic N) is 2. The molecule has 2 aromatic heterocycles. The average molecular weight is 432 g/mol. The van der Waals surface area contributed by atoms with Crippen LogP contribution in [0.4, 0.5) is 4.39 Å². The summed E-state index contributed by atoms with van der Waals surface area (Å²) < 4.78 is 17.9. The van der Waals surface area contributed by atoms with Gasteiger partial charge in [0.25, 0.3) is 0 Å². The average Bonchev–Trinajstić information content (AvgIpc) is 3.15. The van der Waals surface area contributed by atoms with E-state index in [2.05, 4.69) is 9.97 Å². The molecule has 1 N–H and O–H groups in total. The van der Waals surface area contributed by atoms with Gasteiger partial charge in [0.1, 0.15) is 16.3 Å². The normalized spacial score (nSPS) is 11.3. The van der Waals surface area contributed by atoms with Crippen LogP contribution in [0.3, 0.4) is 0 Å². The Morgan fingerprint density at radius 1 is 1.17 bits per heavy atom. The van der Waals surface area contributed by atoms with Crippen LogP contribution in [0.5, 0.6) is 5.88 Å². The number of rotatable bonds is 8. The van der Waals surface area contributed by atoms with E-state index in [4.69, 9.17) is 4.74 Å². The maximum Gasteiger partial charge on any atom is 0.319 e. The third-order valence-electron chi connectivity index (χ3n) is 3.89. The number of carbonyl (C=O) groups excluding carboxylic acids is 1. The van der Waals surface area contributed by atoms with Crippen LogP contribution >= 0.6 is 23.1 Å². The molecule has 0 saturated heterocycles. The molecule has 9 heteroatoms. The summed E-state index contributed by atoms with van der Waals surface area (Å²) in [6.45, 7) is 2.92. The molecule has 3 rings (SSSR count). The molecule has 0 saturated carbocycles. The van der Waals surface area contributed by atoms with E-state index < -0.39 is 10.7 Å². The third kappa shape index (κ3) is 5.39. The summed E-state index contributed by atoms with van der Waals surface area (Å²) in [5.41, 5.74) is 1.84. The van der Waals surface area contributed by atoms with Crippen LogP contribution in [0, 0.1) is 5.82 Å². The number of thiazole rings is 1. The second-order valence-electron chi connectivity index (χ2n) is 6.52. The Kier molecular flexibility index (Phi) is 6.29. The zero-order valence-electron chi connectivity index (χ0n) is 15.6. The van der Waals surface area contributed by atoms with Gasteiger partial charge < -0.3 is 9.84 Å². The van der Waals surface area contributed by atoms with Crippen molar-refractivity contribution in [3.63, 3.8) is 0 Å². The van der Waals surface area contributed by atoms with Crippen molar-refractivity contribution in [2.45, 2.75) is 22.9 Å². The minimum Gasteiger partial charge on any atom is -0.480 e. The molecular weight excluding hydrogens is 415 g/mol. The predicted octanol–water partition coefficient (Wildman–Crippen LogP) is 4.56. The summed E-state index contributed by atoms with van der Waals surface area (Å²) in [4.78, 5) is 31.8. The highest BCUT2D eigenvalue weighted by molar-refractivity contribution is 8.03. The number of halogens is 1. The van der Waals surface area contributed by atoms with E-state index in [1.165, 1.54) is 23.5 Å². The molecule has 0 atom stereocenters. The molecule has 150 valence electrons. The molecule has 0 spiro atoms. The van der Waals surface area contributed by atoms with Crippen molar-refractivity contribution < 1.29 is 23.8 Å². The van der Waals surface area contributed by atoms with Crippen molar-refractivity contribution in [3.05, 3.63) is 59.5 Å². The molecule has 2 heterocycles. The number of aliphatic carboxylic acids is 1. The lowest BCUT2D eigenvalue weighted by molar-refractivity contribution is -0.138. The summed E-state index contributed by atoms with van der Waals surface area (Å²) >= 11 is 2.30. The van der Waals surface area contributed by atoms with Crippen molar-refractivity contribution in [3.8, 4) is 17.0 Å². The van der Waals surface area contributed by atoms with E-state index in [-0.39, 0.29) is 29.8 Å². The van der Waals surface area contributed by atoms with Gasteiger partial charge in [-0.2, -0.15) is 0 Å². The number of Topliss-reactive ketones (excluding diaryl/α,β-unsaturated/α-hetero) is 1. The van der Waals surface area contributed by atoms with Gasteiger partial charge in [0, 0.05) is 23.2 Å². The summed E-state index contributed by atoms with van der Waals surface area (Å²) in [7, 11) is 0. The van der Waals surface area contributed by atoms with Crippen molar-refractivity contribution in [1.29, 1.82) is 0 Å². The van der Waals surface area contributed by atoms with Crippen molar-refractivity contribution in [1.82, 2.24) is 9.97 Å². The number of carbonyl (C=O) groups is 2. The molecule has 0 fully saturated rings. The van der Waals surface area contributed by atoms with Crippen molar-refractivity contribution >= 4 is 34.9 Å². The Labute approximate surface area is 174 Å². The van der Waals surface area contributed by atoms with Gasteiger partial charge in [0.15, 0.2) is 10.9 Å². The summed E-state index contributed by atoms with van der Waals surface area (Å²) in [5.74, 6) is -1.31. The number of hydrogen-bond donors (Lipinski definition) is 1. The molecule has 6 nitrogen and oxygen atoms in total. The van der Waals surface area contributed by atoms with E-state index in [9.17, 15) is 19.1 Å². The van der Waals surface area contributed by atoms with Crippen LogP contribution in [0.15, 0.2) is 52.3 Å². The maximum atomic E-state index is 13.0. The van der Waals surface area contributed by atoms with E-state index in [0.29, 0.717) is 4.34 Å². The van der Waals surface area contributed by atoms with Crippen molar-refractivity contribution in [2.24, 2.45) is 0 Å². The van der Waals surface area contributed by atoms with Crippen LogP contribution in [-0.4, -0.2) is 38.2 Å². The molecule has 29 heavy (non-hydrogen) atoms. The molecule has 0 aliphatic carbocycles. The minimum absolute atomic E-state index is 0.224. The fraction of sp³-hybridized carbons (Fsp3) is 0.200. The summed E-state index contributed by atoms with van der Waals surface area (Å²) in [6.07, 6.45) is 1.58. The van der Waals surface area contributed by atoms with Crippen LogP contribution in [-0.2, 0) is 4.79 Å². The highest BCUT2D eigenvalue weighted by atomic mass is 32.2. The number of carboxylic acids is 1. The van der Waals surface area contributed by atoms with Gasteiger partial charge in [-0.05, 0) is 37.6 Å². The zero-order chi connectivity index (χ0) is 21.0. The van der Waals surface area contributed by atoms with Gasteiger partial charge in [-0.15, -0.1) is 11.3 Å². The lowest BCUT2D eigenvalue weighted by Gasteiger charge is -2.15. The quantitative estimate of drug-likeness (QED) is 0.412. The Morgan fingerprint density at radius 3 is 2.48 bits per heavy atom. The highest BCUT2D eigenvalue weighted by Gasteiger charge is 2.30. The molecule has 0 aliphatic heterocycles. The van der Waals surface area contributed by atoms with Gasteiger partial charge in [-0.1, -0.05) is 23.9 Å². The Morgan fingerprint density at radius 2 is 1.86 bits per heavy atom. The SMILES string of the molecule is CC(C)(Sc1nc(C(=O)COc2ccc(-c3ccc(F)cc3)cn2)cs1)C(=O)O. The zero-order valence-corrected chi connectivity index (χ0v) is 17.2. The highest BCUT2D eigenvalue weighted by Crippen LogP contribution is 2.34. The first kappa shape index (κ1) is 20.9. The van der Waals surface area contributed by atoms with Crippen molar-refractivity contribution in [2.75, 3.05) is 6.61 Å². The summed E-state index contributed by atoms with van der Waals surface area (Å²) in [5, 5.41) is 10.8. The van der Waals surface area contributed by atoms with Crippen LogP contribution < -0.4 is 4.74 Å². The predicted molar refractivity (Wildman–Crippen MR) is 109 cm³/mol. The number of hydrogen-bond acceptors (Lipinski definition) is 7. The van der Waals surface area contributed by atoms with Gasteiger partial charge in [-0.3, -0.25) is 9.59 Å². The molecule has 3 aromatic rings. The first-order chi connectivity index (χ1) is 13.7. The van der Waals surface area contributed by atoms with Crippen LogP contribution in [0.2, 0.25) is 0 Å². The van der Waals surface area contributed by atoms with E-state index >= 15 is 0 Å². The first-order valence-electron chi connectivity index (χ1n) is 8.50. The van der Waals surface area contributed by atoms with Crippen LogP contribution in [0.1, 0.15) is 24.3 Å². The lowest BCUT2D eigenvalue weighted by atomic mass is 10.1. The molecule has 0 unspecified atom stereocenters. The smallest absolute Gasteiger partial charge is 0.319 e. The van der Waals surface area contributed by atoms with E-state index in [1.807, 2.05) is 0 Å². The molecule has 0 amide bonds. The fourth-order valence-electron chi connectivity index (χ4n) is 2.19. The molecule has 1 aromatic carbocycles. The largest absolute Gasteiger partial charge is 0.480 e. The topological polar surface area (TPSA) is 89.4 Å². The van der Waals surface area contributed by atoms with Gasteiger partial charge in [-0.25, -0.2) is 14.4 Å². The van der Waals surface area contributed by atoms with Gasteiger partial charge >= 0.3 is 5.97 Å². The number of pyridine rings is 1. The Bertz CT molecular complexity index is 1020. The Hall–Kier alpha value is -2.78. The number of benzene rings is 1. The fourth-order valence-corrected chi connectivity index (χ4v) is 4.36. The number of aromatic nitrogens is 2. The molecular formula is C20H17FN2O4S2. The monoisotopic (exact) mass is 432 g/mol. The second kappa shape index (κ2) is 8.71. The number of ether oxygens (including phenoxy) is 1. The van der Waals surface area contributed by atoms with Gasteiger partial charge in [0.2, 0.25) is 11.7 Å². The van der Waals surface area contributed by atoms with Crippen LogP contribution in [0.25, 0.3) is 11.1 Å². The second-order valence-corrected chi connectivity index (χ2v) is 9.25. The standard InChI is InChI=1S/C20H17FN2O4S2/c1-20(2,18(25)26)29-19-23-15(11-28-19)16(24)10-27-17-8-5-13(9-22-17)12-3-6-14(21)7-4-12/h3-9,11H,10H2,1-2H3,(H,25,26). The van der Waals surface area contributed by atoms with E-state index in [0.717, 1.165) is 22.9 Å². The number of ketones is 1. The minimum atomic E-state index is -1.04.